The van der Waals surface area contributed by atoms with Crippen molar-refractivity contribution in [2.24, 2.45) is 0 Å². The summed E-state index contributed by atoms with van der Waals surface area (Å²) in [6.45, 7) is 0.845. The molecule has 0 saturated heterocycles. The van der Waals surface area contributed by atoms with Gasteiger partial charge in [0, 0.05) is 35.1 Å². The van der Waals surface area contributed by atoms with Crippen molar-refractivity contribution in [1.29, 1.82) is 0 Å². The Bertz CT molecular complexity index is 942. The maximum Gasteiger partial charge on any atom is 0.341 e. The molecule has 0 aliphatic heterocycles. The van der Waals surface area contributed by atoms with E-state index in [9.17, 15) is 29.8 Å². The van der Waals surface area contributed by atoms with Crippen LogP contribution in [0.2, 0.25) is 0 Å². The number of hydrogen-bond donors (Lipinski definition) is 2. The van der Waals surface area contributed by atoms with E-state index in [1.165, 1.54) is 24.3 Å². The Morgan fingerprint density at radius 1 is 1.11 bits per heavy atom. The molecule has 140 valence electrons. The largest absolute Gasteiger partial charge is 0.452 e. The van der Waals surface area contributed by atoms with Gasteiger partial charge in [-0.05, 0) is 19.1 Å². The molecule has 0 atom stereocenters. The van der Waals surface area contributed by atoms with Gasteiger partial charge in [0.25, 0.3) is 17.3 Å². The molecule has 0 fully saturated rings. The molecule has 0 heterocycles. The molecule has 0 spiro atoms. The number of nitrogens with one attached hydrogen (secondary N) is 1. The van der Waals surface area contributed by atoms with E-state index in [1.807, 2.05) is 0 Å². The number of nitro benzene ring substituents is 2. The average molecular weight is 374 g/mol. The Morgan fingerprint density at radius 2 is 1.81 bits per heavy atom. The zero-order valence-electron chi connectivity index (χ0n) is 14.0. The summed E-state index contributed by atoms with van der Waals surface area (Å²) in [6.07, 6.45) is 0. The highest BCUT2D eigenvalue weighted by molar-refractivity contribution is 5.98. The third-order valence-corrected chi connectivity index (χ3v) is 3.49. The van der Waals surface area contributed by atoms with E-state index in [0.29, 0.717) is 5.56 Å². The summed E-state index contributed by atoms with van der Waals surface area (Å²) < 4.78 is 4.79. The number of esters is 1. The van der Waals surface area contributed by atoms with Crippen molar-refractivity contribution >= 4 is 34.6 Å². The SMILES string of the molecule is Cc1ccc(NC(=O)COC(=O)c2cc([N+](=O)[O-])ccc2N)cc1[N+](=O)[O-]. The minimum Gasteiger partial charge on any atom is -0.452 e. The lowest BCUT2D eigenvalue weighted by molar-refractivity contribution is -0.385. The van der Waals surface area contributed by atoms with Crippen molar-refractivity contribution in [3.8, 4) is 0 Å². The summed E-state index contributed by atoms with van der Waals surface area (Å²) >= 11 is 0. The smallest absolute Gasteiger partial charge is 0.341 e. The van der Waals surface area contributed by atoms with Crippen LogP contribution in [0.3, 0.4) is 0 Å². The highest BCUT2D eigenvalue weighted by Crippen LogP contribution is 2.23. The lowest BCUT2D eigenvalue weighted by atomic mass is 10.1. The number of non-ortho nitro benzene ring substituents is 1. The fourth-order valence-electron chi connectivity index (χ4n) is 2.12. The van der Waals surface area contributed by atoms with Gasteiger partial charge in [0.2, 0.25) is 0 Å². The van der Waals surface area contributed by atoms with Crippen LogP contribution in [0, 0.1) is 27.2 Å². The first kappa shape index (κ1) is 19.3. The minimum absolute atomic E-state index is 0.0415. The van der Waals surface area contributed by atoms with Crippen molar-refractivity contribution < 1.29 is 24.2 Å². The topological polar surface area (TPSA) is 168 Å². The van der Waals surface area contributed by atoms with Crippen molar-refractivity contribution in [2.75, 3.05) is 17.7 Å². The molecule has 0 saturated carbocycles. The molecule has 0 unspecified atom stereocenters. The summed E-state index contributed by atoms with van der Waals surface area (Å²) in [6, 6.07) is 7.35. The first-order valence-corrected chi connectivity index (χ1v) is 7.45. The van der Waals surface area contributed by atoms with Crippen LogP contribution in [0.1, 0.15) is 15.9 Å². The van der Waals surface area contributed by atoms with Crippen LogP contribution in [0.15, 0.2) is 36.4 Å². The molecular weight excluding hydrogens is 360 g/mol. The molecule has 27 heavy (non-hydrogen) atoms. The number of amides is 1. The van der Waals surface area contributed by atoms with Crippen molar-refractivity contribution in [1.82, 2.24) is 0 Å². The Labute approximate surface area is 152 Å². The summed E-state index contributed by atoms with van der Waals surface area (Å²) in [5, 5.41) is 24.0. The second-order valence-corrected chi connectivity index (χ2v) is 5.41. The quantitative estimate of drug-likeness (QED) is 0.335. The number of nitrogens with zero attached hydrogens (tertiary/aromatic N) is 2. The second-order valence-electron chi connectivity index (χ2n) is 5.41. The number of nitro groups is 2. The third kappa shape index (κ3) is 4.75. The van der Waals surface area contributed by atoms with E-state index in [4.69, 9.17) is 10.5 Å². The van der Waals surface area contributed by atoms with Crippen LogP contribution < -0.4 is 11.1 Å². The number of anilines is 2. The maximum absolute atomic E-state index is 12.0. The van der Waals surface area contributed by atoms with Crippen LogP contribution in [-0.2, 0) is 9.53 Å². The lowest BCUT2D eigenvalue weighted by Crippen LogP contribution is -2.21. The van der Waals surface area contributed by atoms with Gasteiger partial charge < -0.3 is 15.8 Å². The first-order chi connectivity index (χ1) is 12.7. The average Bonchev–Trinajstić information content (AvgIpc) is 2.61. The molecular formula is C16H14N4O7. The summed E-state index contributed by atoms with van der Waals surface area (Å²) in [5.74, 6) is -1.76. The number of nitrogen functional groups attached to an aromatic ring is 1. The molecule has 0 aliphatic rings. The summed E-state index contributed by atoms with van der Waals surface area (Å²) in [4.78, 5) is 44.2. The third-order valence-electron chi connectivity index (χ3n) is 3.49. The number of rotatable bonds is 6. The highest BCUT2D eigenvalue weighted by atomic mass is 16.6. The predicted molar refractivity (Wildman–Crippen MR) is 94.3 cm³/mol. The number of aryl methyl sites for hydroxylation is 1. The Morgan fingerprint density at radius 3 is 2.44 bits per heavy atom. The lowest BCUT2D eigenvalue weighted by Gasteiger charge is -2.08. The molecule has 0 aromatic heterocycles. The first-order valence-electron chi connectivity index (χ1n) is 7.45. The normalized spacial score (nSPS) is 10.1. The number of benzene rings is 2. The van der Waals surface area contributed by atoms with Gasteiger partial charge in [-0.2, -0.15) is 0 Å². The van der Waals surface area contributed by atoms with E-state index in [1.54, 1.807) is 6.92 Å². The van der Waals surface area contributed by atoms with E-state index in [2.05, 4.69) is 5.32 Å². The molecule has 11 heteroatoms. The summed E-state index contributed by atoms with van der Waals surface area (Å²) in [7, 11) is 0. The van der Waals surface area contributed by atoms with Gasteiger partial charge in [-0.3, -0.25) is 25.0 Å². The maximum atomic E-state index is 12.0. The van der Waals surface area contributed by atoms with Crippen molar-refractivity contribution in [3.63, 3.8) is 0 Å². The van der Waals surface area contributed by atoms with E-state index in [0.717, 1.165) is 12.1 Å². The van der Waals surface area contributed by atoms with Gasteiger partial charge in [-0.15, -0.1) is 0 Å². The van der Waals surface area contributed by atoms with Gasteiger partial charge in [0.15, 0.2) is 6.61 Å². The van der Waals surface area contributed by atoms with Crippen LogP contribution in [0.25, 0.3) is 0 Å². The molecule has 0 bridgehead atoms. The molecule has 2 rings (SSSR count). The fraction of sp³-hybridized carbons (Fsp3) is 0.125. The van der Waals surface area contributed by atoms with Crippen LogP contribution >= 0.6 is 0 Å². The molecule has 0 radical (unpaired) electrons. The molecule has 2 aromatic rings. The number of carbonyl (C=O) groups excluding carboxylic acids is 2. The van der Waals surface area contributed by atoms with Crippen LogP contribution in [0.4, 0.5) is 22.7 Å². The van der Waals surface area contributed by atoms with Crippen molar-refractivity contribution in [2.45, 2.75) is 6.92 Å². The Kier molecular flexibility index (Phi) is 5.65. The van der Waals surface area contributed by atoms with Gasteiger partial charge in [0.05, 0.1) is 15.4 Å². The second kappa shape index (κ2) is 7.91. The number of carbonyl (C=O) groups is 2. The van der Waals surface area contributed by atoms with Crippen LogP contribution in [0.5, 0.6) is 0 Å². The predicted octanol–water partition coefficient (Wildman–Crippen LogP) is 2.19. The molecule has 0 aliphatic carbocycles. The zero-order valence-corrected chi connectivity index (χ0v) is 14.0. The highest BCUT2D eigenvalue weighted by Gasteiger charge is 2.18. The number of hydrogen-bond acceptors (Lipinski definition) is 8. The van der Waals surface area contributed by atoms with E-state index >= 15 is 0 Å². The summed E-state index contributed by atoms with van der Waals surface area (Å²) in [5.41, 5.74) is 5.35. The molecule has 2 aromatic carbocycles. The standard InChI is InChI=1S/C16H14N4O7/c1-9-2-3-10(6-14(9)20(25)26)18-15(21)8-27-16(22)12-7-11(19(23)24)4-5-13(12)17/h2-7H,8,17H2,1H3,(H,18,21). The minimum atomic E-state index is -1.01. The zero-order chi connectivity index (χ0) is 20.1. The molecule has 11 nitrogen and oxygen atoms in total. The fourth-order valence-corrected chi connectivity index (χ4v) is 2.12. The molecule has 3 N–H and O–H groups in total. The Balaban J connectivity index is 2.03. The van der Waals surface area contributed by atoms with E-state index in [-0.39, 0.29) is 28.3 Å². The molecule has 1 amide bonds. The van der Waals surface area contributed by atoms with Crippen LogP contribution in [-0.4, -0.2) is 28.3 Å². The van der Waals surface area contributed by atoms with Gasteiger partial charge in [-0.25, -0.2) is 4.79 Å². The van der Waals surface area contributed by atoms with E-state index < -0.39 is 28.3 Å². The number of ether oxygens (including phenoxy) is 1. The van der Waals surface area contributed by atoms with Gasteiger partial charge in [-0.1, -0.05) is 6.07 Å². The van der Waals surface area contributed by atoms with Gasteiger partial charge in [0.1, 0.15) is 0 Å². The Hall–Kier alpha value is -4.02. The van der Waals surface area contributed by atoms with Crippen molar-refractivity contribution in [3.05, 3.63) is 67.8 Å². The monoisotopic (exact) mass is 374 g/mol. The van der Waals surface area contributed by atoms with Gasteiger partial charge >= 0.3 is 5.97 Å². The number of nitrogens with two attached hydrogens (primary N) is 1.